The molecule has 1 aliphatic heterocycles. The van der Waals surface area contributed by atoms with Gasteiger partial charge in [0.15, 0.2) is 0 Å². The molecule has 3 aromatic rings. The Morgan fingerprint density at radius 2 is 1.92 bits per heavy atom. The third-order valence-corrected chi connectivity index (χ3v) is 5.85. The second-order valence-electron chi connectivity index (χ2n) is 6.10. The Labute approximate surface area is 146 Å². The van der Waals surface area contributed by atoms with Crippen LogP contribution in [0.1, 0.15) is 6.42 Å². The van der Waals surface area contributed by atoms with E-state index in [0.717, 1.165) is 29.7 Å². The van der Waals surface area contributed by atoms with Gasteiger partial charge in [0.25, 0.3) is 0 Å². The molecule has 1 atom stereocenters. The molecule has 1 aromatic carbocycles. The van der Waals surface area contributed by atoms with Crippen LogP contribution in [-0.4, -0.2) is 37.5 Å². The number of nitrogens with zero attached hydrogens (tertiary/aromatic N) is 3. The molecule has 0 saturated carbocycles. The first kappa shape index (κ1) is 16.0. The van der Waals surface area contributed by atoms with Crippen LogP contribution in [0, 0.1) is 0 Å². The van der Waals surface area contributed by atoms with Crippen molar-refractivity contribution in [3.05, 3.63) is 60.9 Å². The van der Waals surface area contributed by atoms with E-state index in [1.165, 1.54) is 6.20 Å². The van der Waals surface area contributed by atoms with Gasteiger partial charge in [-0.3, -0.25) is 4.98 Å². The van der Waals surface area contributed by atoms with Gasteiger partial charge in [-0.1, -0.05) is 24.3 Å². The van der Waals surface area contributed by atoms with Crippen LogP contribution in [0.2, 0.25) is 0 Å². The smallest absolute Gasteiger partial charge is 0.242 e. The average Bonchev–Trinajstić information content (AvgIpc) is 3.10. The van der Waals surface area contributed by atoms with Crippen molar-refractivity contribution < 1.29 is 8.42 Å². The lowest BCUT2D eigenvalue weighted by atomic mass is 10.2. The van der Waals surface area contributed by atoms with Crippen molar-refractivity contribution in [2.24, 2.45) is 0 Å². The van der Waals surface area contributed by atoms with Crippen LogP contribution in [0.3, 0.4) is 0 Å². The zero-order valence-corrected chi connectivity index (χ0v) is 14.4. The summed E-state index contributed by atoms with van der Waals surface area (Å²) in [4.78, 5) is 10.9. The molecule has 1 fully saturated rings. The van der Waals surface area contributed by atoms with E-state index in [2.05, 4.69) is 19.6 Å². The van der Waals surface area contributed by atoms with Crippen molar-refractivity contribution in [2.45, 2.75) is 17.4 Å². The molecule has 1 N–H and O–H groups in total. The number of benzene rings is 1. The zero-order chi connectivity index (χ0) is 17.3. The Morgan fingerprint density at radius 3 is 2.76 bits per heavy atom. The van der Waals surface area contributed by atoms with E-state index in [-0.39, 0.29) is 10.9 Å². The van der Waals surface area contributed by atoms with Gasteiger partial charge in [0.05, 0.1) is 5.52 Å². The summed E-state index contributed by atoms with van der Waals surface area (Å²) in [5.41, 5.74) is 0.781. The summed E-state index contributed by atoms with van der Waals surface area (Å²) in [6.07, 6.45) is 3.90. The van der Waals surface area contributed by atoms with Gasteiger partial charge >= 0.3 is 0 Å². The van der Waals surface area contributed by atoms with E-state index in [1.54, 1.807) is 12.3 Å². The maximum absolute atomic E-state index is 12.7. The molecule has 3 heterocycles. The number of para-hydroxylation sites is 1. The number of pyridine rings is 2. The lowest BCUT2D eigenvalue weighted by molar-refractivity contribution is 0.561. The first-order valence-electron chi connectivity index (χ1n) is 8.15. The number of anilines is 1. The summed E-state index contributed by atoms with van der Waals surface area (Å²) < 4.78 is 28.2. The van der Waals surface area contributed by atoms with Gasteiger partial charge < -0.3 is 4.90 Å². The topological polar surface area (TPSA) is 75.2 Å². The van der Waals surface area contributed by atoms with Gasteiger partial charge in [0.1, 0.15) is 10.7 Å². The third-order valence-electron chi connectivity index (χ3n) is 4.36. The number of aromatic nitrogens is 2. The van der Waals surface area contributed by atoms with Crippen LogP contribution in [0.5, 0.6) is 0 Å². The molecule has 2 aromatic heterocycles. The molecule has 0 spiro atoms. The van der Waals surface area contributed by atoms with Crippen molar-refractivity contribution in [3.63, 3.8) is 0 Å². The monoisotopic (exact) mass is 354 g/mol. The second-order valence-corrected chi connectivity index (χ2v) is 7.82. The highest BCUT2D eigenvalue weighted by atomic mass is 32.2. The number of hydrogen-bond acceptors (Lipinski definition) is 5. The van der Waals surface area contributed by atoms with E-state index >= 15 is 0 Å². The Morgan fingerprint density at radius 1 is 1.08 bits per heavy atom. The number of rotatable bonds is 4. The van der Waals surface area contributed by atoms with Crippen LogP contribution in [0.15, 0.2) is 65.8 Å². The Balaban J connectivity index is 1.51. The molecular formula is C18H18N4O2S. The fourth-order valence-electron chi connectivity index (χ4n) is 3.09. The number of hydrogen-bond donors (Lipinski definition) is 1. The molecule has 1 unspecified atom stereocenters. The Bertz CT molecular complexity index is 992. The molecule has 0 radical (unpaired) electrons. The minimum absolute atomic E-state index is 0.140. The molecule has 7 heteroatoms. The Kier molecular flexibility index (Phi) is 4.10. The maximum atomic E-state index is 12.7. The number of sulfonamides is 1. The predicted molar refractivity (Wildman–Crippen MR) is 96.9 cm³/mol. The Hall–Kier alpha value is -2.51. The largest absolute Gasteiger partial charge is 0.355 e. The molecule has 0 aliphatic carbocycles. The van der Waals surface area contributed by atoms with E-state index < -0.39 is 10.0 Å². The minimum Gasteiger partial charge on any atom is -0.355 e. The van der Waals surface area contributed by atoms with Gasteiger partial charge in [0.2, 0.25) is 10.0 Å². The van der Waals surface area contributed by atoms with Crippen LogP contribution in [0.25, 0.3) is 10.9 Å². The van der Waals surface area contributed by atoms with Crippen molar-refractivity contribution >= 4 is 26.7 Å². The first-order chi connectivity index (χ1) is 12.1. The van der Waals surface area contributed by atoms with Crippen LogP contribution < -0.4 is 9.62 Å². The van der Waals surface area contributed by atoms with Crippen molar-refractivity contribution in [3.8, 4) is 0 Å². The fraction of sp³-hybridized carbons (Fsp3) is 0.222. The SMILES string of the molecule is O=S(=O)(NC1CCN(c2ccccn2)C1)c1cnc2ccccc2c1. The molecule has 25 heavy (non-hydrogen) atoms. The summed E-state index contributed by atoms with van der Waals surface area (Å²) in [6, 6.07) is 14.7. The van der Waals surface area contributed by atoms with E-state index in [4.69, 9.17) is 0 Å². The maximum Gasteiger partial charge on any atom is 0.242 e. The molecule has 1 saturated heterocycles. The van der Waals surface area contributed by atoms with E-state index in [9.17, 15) is 8.42 Å². The van der Waals surface area contributed by atoms with E-state index in [0.29, 0.717) is 6.54 Å². The third kappa shape index (κ3) is 3.33. The van der Waals surface area contributed by atoms with Crippen LogP contribution in [0.4, 0.5) is 5.82 Å². The normalized spacial score (nSPS) is 17.9. The summed E-state index contributed by atoms with van der Waals surface area (Å²) in [6.45, 7) is 1.39. The lowest BCUT2D eigenvalue weighted by Gasteiger charge is -2.17. The van der Waals surface area contributed by atoms with Crippen molar-refractivity contribution in [1.29, 1.82) is 0 Å². The van der Waals surface area contributed by atoms with Gasteiger partial charge in [-0.05, 0) is 30.7 Å². The number of nitrogens with one attached hydrogen (secondary N) is 1. The van der Waals surface area contributed by atoms with Crippen molar-refractivity contribution in [2.75, 3.05) is 18.0 Å². The summed E-state index contributed by atoms with van der Waals surface area (Å²) >= 11 is 0. The summed E-state index contributed by atoms with van der Waals surface area (Å²) in [5, 5.41) is 0.812. The minimum atomic E-state index is -3.60. The van der Waals surface area contributed by atoms with Crippen LogP contribution in [-0.2, 0) is 10.0 Å². The predicted octanol–water partition coefficient (Wildman–Crippen LogP) is 2.19. The average molecular weight is 354 g/mol. The van der Waals surface area contributed by atoms with Gasteiger partial charge in [0, 0.05) is 36.9 Å². The van der Waals surface area contributed by atoms with E-state index in [1.807, 2.05) is 42.5 Å². The molecular weight excluding hydrogens is 336 g/mol. The summed E-state index contributed by atoms with van der Waals surface area (Å²) in [5.74, 6) is 0.872. The first-order valence-corrected chi connectivity index (χ1v) is 9.63. The van der Waals surface area contributed by atoms with Gasteiger partial charge in [-0.15, -0.1) is 0 Å². The molecule has 128 valence electrons. The summed E-state index contributed by atoms with van der Waals surface area (Å²) in [7, 11) is -3.60. The van der Waals surface area contributed by atoms with Gasteiger partial charge in [-0.25, -0.2) is 18.1 Å². The van der Waals surface area contributed by atoms with Gasteiger partial charge in [-0.2, -0.15) is 0 Å². The second kappa shape index (κ2) is 6.42. The molecule has 0 bridgehead atoms. The number of fused-ring (bicyclic) bond motifs is 1. The molecule has 0 amide bonds. The molecule has 4 rings (SSSR count). The molecule has 1 aliphatic rings. The highest BCUT2D eigenvalue weighted by molar-refractivity contribution is 7.89. The van der Waals surface area contributed by atoms with Crippen LogP contribution >= 0.6 is 0 Å². The zero-order valence-electron chi connectivity index (χ0n) is 13.5. The highest BCUT2D eigenvalue weighted by Gasteiger charge is 2.28. The standard InChI is InChI=1S/C18H18N4O2S/c23-25(24,16-11-14-5-1-2-6-17(14)20-12-16)21-15-8-10-22(13-15)18-7-3-4-9-19-18/h1-7,9,11-12,15,21H,8,10,13H2. The van der Waals surface area contributed by atoms with Crippen molar-refractivity contribution in [1.82, 2.24) is 14.7 Å². The lowest BCUT2D eigenvalue weighted by Crippen LogP contribution is -2.37. The fourth-order valence-corrected chi connectivity index (χ4v) is 4.33. The quantitative estimate of drug-likeness (QED) is 0.777. The highest BCUT2D eigenvalue weighted by Crippen LogP contribution is 2.20. The molecule has 6 nitrogen and oxygen atoms in total.